The van der Waals surface area contributed by atoms with Crippen LogP contribution in [-0.2, 0) is 16.1 Å². The SMILES string of the molecule is O=C(NCCn1ccnn1)C1(N2CCCC2)CCCCC1.O=CO. The molecule has 0 unspecified atom stereocenters. The molecule has 8 heteroatoms. The van der Waals surface area contributed by atoms with Crippen molar-refractivity contribution in [1.29, 1.82) is 0 Å². The van der Waals surface area contributed by atoms with Crippen LogP contribution in [0.3, 0.4) is 0 Å². The van der Waals surface area contributed by atoms with Crippen LogP contribution in [0.4, 0.5) is 0 Å². The number of carboxylic acid groups (broad SMARTS) is 1. The quantitative estimate of drug-likeness (QED) is 0.774. The highest BCUT2D eigenvalue weighted by Crippen LogP contribution is 2.36. The van der Waals surface area contributed by atoms with Crippen LogP contribution < -0.4 is 5.32 Å². The molecule has 8 nitrogen and oxygen atoms in total. The van der Waals surface area contributed by atoms with Crippen molar-refractivity contribution in [2.24, 2.45) is 0 Å². The van der Waals surface area contributed by atoms with Gasteiger partial charge in [-0.1, -0.05) is 24.5 Å². The summed E-state index contributed by atoms with van der Waals surface area (Å²) in [5.41, 5.74) is -0.239. The molecule has 0 atom stereocenters. The van der Waals surface area contributed by atoms with Gasteiger partial charge >= 0.3 is 0 Å². The molecule has 1 saturated carbocycles. The topological polar surface area (TPSA) is 100 Å². The number of nitrogens with zero attached hydrogens (tertiary/aromatic N) is 4. The third-order valence-corrected chi connectivity index (χ3v) is 4.91. The van der Waals surface area contributed by atoms with Crippen LogP contribution in [0.2, 0.25) is 0 Å². The molecule has 3 rings (SSSR count). The number of likely N-dealkylation sites (tertiary alicyclic amines) is 1. The van der Waals surface area contributed by atoms with Crippen molar-refractivity contribution in [3.05, 3.63) is 12.4 Å². The molecule has 2 aliphatic rings. The Morgan fingerprint density at radius 3 is 2.46 bits per heavy atom. The Labute approximate surface area is 142 Å². The average molecular weight is 337 g/mol. The van der Waals surface area contributed by atoms with Gasteiger partial charge in [0.05, 0.1) is 12.7 Å². The Kier molecular flexibility index (Phi) is 7.17. The van der Waals surface area contributed by atoms with E-state index >= 15 is 0 Å². The van der Waals surface area contributed by atoms with Gasteiger partial charge in [-0.3, -0.25) is 19.2 Å². The first-order valence-corrected chi connectivity index (χ1v) is 8.68. The summed E-state index contributed by atoms with van der Waals surface area (Å²) < 4.78 is 1.75. The maximum absolute atomic E-state index is 12.8. The van der Waals surface area contributed by atoms with Gasteiger partial charge in [0, 0.05) is 12.7 Å². The first kappa shape index (κ1) is 18.4. The summed E-state index contributed by atoms with van der Waals surface area (Å²) in [5.74, 6) is 0.226. The lowest BCUT2D eigenvalue weighted by molar-refractivity contribution is -0.135. The molecule has 1 saturated heterocycles. The Morgan fingerprint density at radius 2 is 1.88 bits per heavy atom. The third-order valence-electron chi connectivity index (χ3n) is 4.91. The van der Waals surface area contributed by atoms with Crippen LogP contribution in [0.5, 0.6) is 0 Å². The molecule has 0 radical (unpaired) electrons. The maximum atomic E-state index is 12.8. The predicted molar refractivity (Wildman–Crippen MR) is 88.3 cm³/mol. The fraction of sp³-hybridized carbons (Fsp3) is 0.750. The van der Waals surface area contributed by atoms with Crippen LogP contribution in [0.15, 0.2) is 12.4 Å². The zero-order valence-corrected chi connectivity index (χ0v) is 14.1. The molecule has 2 heterocycles. The van der Waals surface area contributed by atoms with Gasteiger partial charge in [0.15, 0.2) is 0 Å². The summed E-state index contributed by atoms with van der Waals surface area (Å²) in [5, 5.41) is 17.7. The molecular weight excluding hydrogens is 310 g/mol. The zero-order chi connectivity index (χ0) is 17.3. The molecule has 1 aliphatic carbocycles. The summed E-state index contributed by atoms with van der Waals surface area (Å²) in [6, 6.07) is 0. The monoisotopic (exact) mass is 337 g/mol. The maximum Gasteiger partial charge on any atom is 0.290 e. The van der Waals surface area contributed by atoms with Crippen LogP contribution in [-0.4, -0.2) is 62.6 Å². The standard InChI is InChI=1S/C15H25N5O.CH2O2/c21-14(16-8-12-20-13-9-17-18-20)15(6-2-1-3-7-15)19-10-4-5-11-19;2-1-3/h9,13H,1-8,10-12H2,(H,16,21);1H,(H,2,3). The molecule has 134 valence electrons. The Hall–Kier alpha value is -1.96. The van der Waals surface area contributed by atoms with Gasteiger partial charge < -0.3 is 10.4 Å². The van der Waals surface area contributed by atoms with Crippen molar-refractivity contribution in [1.82, 2.24) is 25.2 Å². The van der Waals surface area contributed by atoms with E-state index in [2.05, 4.69) is 20.5 Å². The molecule has 1 aliphatic heterocycles. The largest absolute Gasteiger partial charge is 0.483 e. The van der Waals surface area contributed by atoms with E-state index in [1.54, 1.807) is 10.9 Å². The molecule has 1 amide bonds. The second-order valence-electron chi connectivity index (χ2n) is 6.31. The van der Waals surface area contributed by atoms with E-state index < -0.39 is 0 Å². The molecule has 0 aromatic carbocycles. The second kappa shape index (κ2) is 9.36. The van der Waals surface area contributed by atoms with Crippen LogP contribution in [0.1, 0.15) is 44.9 Å². The summed E-state index contributed by atoms with van der Waals surface area (Å²) in [6.07, 6.45) is 11.6. The van der Waals surface area contributed by atoms with Crippen molar-refractivity contribution in [3.8, 4) is 0 Å². The number of carbonyl (C=O) groups excluding carboxylic acids is 1. The normalized spacial score (nSPS) is 20.0. The number of amides is 1. The number of hydrogen-bond acceptors (Lipinski definition) is 5. The Morgan fingerprint density at radius 1 is 1.21 bits per heavy atom. The van der Waals surface area contributed by atoms with Gasteiger partial charge in [-0.05, 0) is 38.8 Å². The minimum atomic E-state index is -0.250. The lowest BCUT2D eigenvalue weighted by Crippen LogP contribution is -2.59. The van der Waals surface area contributed by atoms with E-state index in [-0.39, 0.29) is 17.9 Å². The molecule has 1 aromatic rings. The summed E-state index contributed by atoms with van der Waals surface area (Å²) in [4.78, 5) is 23.6. The molecule has 2 fully saturated rings. The summed E-state index contributed by atoms with van der Waals surface area (Å²) >= 11 is 0. The van der Waals surface area contributed by atoms with Crippen molar-refractivity contribution < 1.29 is 14.7 Å². The zero-order valence-electron chi connectivity index (χ0n) is 14.1. The first-order chi connectivity index (χ1) is 11.7. The molecule has 1 aromatic heterocycles. The van der Waals surface area contributed by atoms with Crippen molar-refractivity contribution in [2.75, 3.05) is 19.6 Å². The van der Waals surface area contributed by atoms with Gasteiger partial charge in [-0.15, -0.1) is 5.10 Å². The second-order valence-corrected chi connectivity index (χ2v) is 6.31. The smallest absolute Gasteiger partial charge is 0.290 e. The van der Waals surface area contributed by atoms with E-state index in [0.717, 1.165) is 25.9 Å². The van der Waals surface area contributed by atoms with Gasteiger partial charge in [-0.2, -0.15) is 0 Å². The number of aromatic nitrogens is 3. The van der Waals surface area contributed by atoms with Crippen molar-refractivity contribution in [3.63, 3.8) is 0 Å². The molecule has 0 spiro atoms. The van der Waals surface area contributed by atoms with E-state index in [1.807, 2.05) is 6.20 Å². The summed E-state index contributed by atoms with van der Waals surface area (Å²) in [6.45, 7) is 3.21. The minimum Gasteiger partial charge on any atom is -0.483 e. The van der Waals surface area contributed by atoms with E-state index in [1.165, 1.54) is 32.1 Å². The van der Waals surface area contributed by atoms with Crippen molar-refractivity contribution in [2.45, 2.75) is 57.0 Å². The summed E-state index contributed by atoms with van der Waals surface area (Å²) in [7, 11) is 0. The Bertz CT molecular complexity index is 494. The van der Waals surface area contributed by atoms with Crippen LogP contribution in [0, 0.1) is 0 Å². The Balaban J connectivity index is 0.000000647. The van der Waals surface area contributed by atoms with E-state index in [4.69, 9.17) is 9.90 Å². The third kappa shape index (κ3) is 4.53. The molecule has 2 N–H and O–H groups in total. The van der Waals surface area contributed by atoms with Crippen LogP contribution in [0.25, 0.3) is 0 Å². The van der Waals surface area contributed by atoms with Crippen LogP contribution >= 0.6 is 0 Å². The number of rotatable bonds is 5. The van der Waals surface area contributed by atoms with E-state index in [0.29, 0.717) is 13.1 Å². The lowest BCUT2D eigenvalue weighted by Gasteiger charge is -2.43. The van der Waals surface area contributed by atoms with Crippen molar-refractivity contribution >= 4 is 12.4 Å². The molecule has 0 bridgehead atoms. The van der Waals surface area contributed by atoms with Gasteiger partial charge in [0.2, 0.25) is 5.91 Å². The van der Waals surface area contributed by atoms with Gasteiger partial charge in [-0.25, -0.2) is 0 Å². The van der Waals surface area contributed by atoms with Gasteiger partial charge in [0.1, 0.15) is 5.54 Å². The fourth-order valence-corrected chi connectivity index (χ4v) is 3.77. The first-order valence-electron chi connectivity index (χ1n) is 8.68. The fourth-order valence-electron chi connectivity index (χ4n) is 3.77. The number of nitrogens with one attached hydrogen (secondary N) is 1. The highest BCUT2D eigenvalue weighted by Gasteiger charge is 2.45. The minimum absolute atomic E-state index is 0.226. The predicted octanol–water partition coefficient (Wildman–Crippen LogP) is 0.894. The number of carbonyl (C=O) groups is 2. The average Bonchev–Trinajstić information content (AvgIpc) is 3.30. The van der Waals surface area contributed by atoms with E-state index in [9.17, 15) is 4.79 Å². The lowest BCUT2D eigenvalue weighted by atomic mass is 9.79. The van der Waals surface area contributed by atoms with Gasteiger partial charge in [0.25, 0.3) is 6.47 Å². The molecular formula is C16H27N5O3. The molecule has 24 heavy (non-hydrogen) atoms. The number of hydrogen-bond donors (Lipinski definition) is 2. The highest BCUT2D eigenvalue weighted by molar-refractivity contribution is 5.86. The highest BCUT2D eigenvalue weighted by atomic mass is 16.3.